The predicted molar refractivity (Wildman–Crippen MR) is 72.0 cm³/mol. The summed E-state index contributed by atoms with van der Waals surface area (Å²) < 4.78 is 6.00. The van der Waals surface area contributed by atoms with Gasteiger partial charge in [-0.2, -0.15) is 0 Å². The molecule has 3 heterocycles. The Hall–Kier alpha value is -1.99. The fraction of sp³-hybridized carbons (Fsp3) is 0.250. The van der Waals surface area contributed by atoms with Gasteiger partial charge in [-0.25, -0.2) is 9.97 Å². The summed E-state index contributed by atoms with van der Waals surface area (Å²) in [5.74, 6) is 2.01. The molecule has 0 bridgehead atoms. The van der Waals surface area contributed by atoms with Gasteiger partial charge in [0.2, 0.25) is 5.89 Å². The fourth-order valence-corrected chi connectivity index (χ4v) is 2.50. The summed E-state index contributed by atoms with van der Waals surface area (Å²) in [5.41, 5.74) is 0.640. The number of rotatable bonds is 4. The summed E-state index contributed by atoms with van der Waals surface area (Å²) in [6, 6.07) is 1.84. The minimum absolute atomic E-state index is 0.0937. The van der Waals surface area contributed by atoms with Crippen molar-refractivity contribution in [2.45, 2.75) is 20.0 Å². The van der Waals surface area contributed by atoms with E-state index in [1.807, 2.05) is 18.4 Å². The topological polar surface area (TPSA) is 83.8 Å². The molecule has 0 aliphatic heterocycles. The van der Waals surface area contributed by atoms with Gasteiger partial charge in [0.15, 0.2) is 0 Å². The second kappa shape index (κ2) is 4.94. The zero-order chi connectivity index (χ0) is 13.2. The van der Waals surface area contributed by atoms with Crippen molar-refractivity contribution >= 4 is 21.6 Å². The largest absolute Gasteiger partial charge is 0.445 e. The Morgan fingerprint density at radius 2 is 2.37 bits per heavy atom. The average molecular weight is 276 g/mol. The molecule has 0 aromatic carbocycles. The van der Waals surface area contributed by atoms with E-state index in [0.717, 1.165) is 11.3 Å². The third kappa shape index (κ3) is 2.56. The van der Waals surface area contributed by atoms with Crippen molar-refractivity contribution in [3.05, 3.63) is 45.5 Å². The number of H-pyrrole nitrogens is 1. The SMILES string of the molecule is Cc1cnc(CNCc2nc3ccsc3c(=O)[nH]2)o1. The first-order valence-electron chi connectivity index (χ1n) is 5.81. The van der Waals surface area contributed by atoms with Gasteiger partial charge in [-0.1, -0.05) is 0 Å². The summed E-state index contributed by atoms with van der Waals surface area (Å²) in [5, 5.41) is 4.99. The molecule has 3 aromatic rings. The molecule has 0 atom stereocenters. The zero-order valence-electron chi connectivity index (χ0n) is 10.3. The maximum absolute atomic E-state index is 11.8. The van der Waals surface area contributed by atoms with Gasteiger partial charge in [0, 0.05) is 0 Å². The first-order chi connectivity index (χ1) is 9.22. The fourth-order valence-electron chi connectivity index (χ4n) is 1.78. The van der Waals surface area contributed by atoms with E-state index in [9.17, 15) is 4.79 Å². The van der Waals surface area contributed by atoms with Crippen LogP contribution in [0.25, 0.3) is 10.2 Å². The van der Waals surface area contributed by atoms with Crippen LogP contribution in [0.5, 0.6) is 0 Å². The minimum atomic E-state index is -0.0937. The first kappa shape index (κ1) is 12.1. The van der Waals surface area contributed by atoms with Crippen LogP contribution in [0.1, 0.15) is 17.5 Å². The summed E-state index contributed by atoms with van der Waals surface area (Å²) in [4.78, 5) is 23.0. The van der Waals surface area contributed by atoms with E-state index >= 15 is 0 Å². The molecular weight excluding hydrogens is 264 g/mol. The van der Waals surface area contributed by atoms with E-state index in [4.69, 9.17) is 4.42 Å². The summed E-state index contributed by atoms with van der Waals surface area (Å²) in [7, 11) is 0. The molecule has 0 fully saturated rings. The number of hydrogen-bond donors (Lipinski definition) is 2. The van der Waals surface area contributed by atoms with Gasteiger partial charge < -0.3 is 14.7 Å². The van der Waals surface area contributed by atoms with Crippen LogP contribution in [-0.2, 0) is 13.1 Å². The van der Waals surface area contributed by atoms with Gasteiger partial charge in [0.1, 0.15) is 16.3 Å². The number of nitrogens with zero attached hydrogens (tertiary/aromatic N) is 2. The molecule has 0 saturated heterocycles. The number of nitrogens with one attached hydrogen (secondary N) is 2. The van der Waals surface area contributed by atoms with Crippen LogP contribution >= 0.6 is 11.3 Å². The second-order valence-corrected chi connectivity index (χ2v) is 5.03. The van der Waals surface area contributed by atoms with Gasteiger partial charge in [-0.3, -0.25) is 4.79 Å². The Bertz CT molecular complexity index is 758. The minimum Gasteiger partial charge on any atom is -0.445 e. The van der Waals surface area contributed by atoms with Crippen LogP contribution in [0, 0.1) is 6.92 Å². The van der Waals surface area contributed by atoms with E-state index in [1.165, 1.54) is 11.3 Å². The lowest BCUT2D eigenvalue weighted by molar-refractivity contribution is 0.447. The normalized spacial score (nSPS) is 11.2. The molecule has 0 aliphatic rings. The molecule has 7 heteroatoms. The highest BCUT2D eigenvalue weighted by atomic mass is 32.1. The van der Waals surface area contributed by atoms with E-state index in [2.05, 4.69) is 20.3 Å². The van der Waals surface area contributed by atoms with E-state index in [0.29, 0.717) is 29.5 Å². The third-order valence-electron chi connectivity index (χ3n) is 2.60. The van der Waals surface area contributed by atoms with Crippen molar-refractivity contribution in [3.8, 4) is 0 Å². The molecule has 0 aliphatic carbocycles. The number of fused-ring (bicyclic) bond motifs is 1. The van der Waals surface area contributed by atoms with Crippen LogP contribution in [-0.4, -0.2) is 15.0 Å². The Labute approximate surface area is 112 Å². The summed E-state index contributed by atoms with van der Waals surface area (Å²) in [6.07, 6.45) is 1.68. The van der Waals surface area contributed by atoms with Gasteiger partial charge in [0.05, 0.1) is 24.8 Å². The molecule has 98 valence electrons. The third-order valence-corrected chi connectivity index (χ3v) is 3.50. The monoisotopic (exact) mass is 276 g/mol. The number of thiophene rings is 1. The number of aromatic amines is 1. The molecule has 0 unspecified atom stereocenters. The number of oxazole rings is 1. The van der Waals surface area contributed by atoms with Gasteiger partial charge >= 0.3 is 0 Å². The van der Waals surface area contributed by atoms with E-state index < -0.39 is 0 Å². The Balaban J connectivity index is 1.69. The lowest BCUT2D eigenvalue weighted by Gasteiger charge is -2.01. The van der Waals surface area contributed by atoms with Crippen molar-refractivity contribution < 1.29 is 4.42 Å². The van der Waals surface area contributed by atoms with Crippen LogP contribution in [0.2, 0.25) is 0 Å². The maximum Gasteiger partial charge on any atom is 0.268 e. The molecule has 19 heavy (non-hydrogen) atoms. The van der Waals surface area contributed by atoms with Crippen LogP contribution in [0.3, 0.4) is 0 Å². The standard InChI is InChI=1S/C12H12N4O2S/c1-7-4-14-10(18-7)6-13-5-9-15-8-2-3-19-11(8)12(17)16-9/h2-4,13H,5-6H2,1H3,(H,15,16,17). The quantitative estimate of drug-likeness (QED) is 0.755. The number of aromatic nitrogens is 3. The number of aryl methyl sites for hydroxylation is 1. The van der Waals surface area contributed by atoms with Crippen molar-refractivity contribution in [3.63, 3.8) is 0 Å². The van der Waals surface area contributed by atoms with Gasteiger partial charge in [0.25, 0.3) is 5.56 Å². The smallest absolute Gasteiger partial charge is 0.268 e. The summed E-state index contributed by atoms with van der Waals surface area (Å²) >= 11 is 1.39. The Morgan fingerprint density at radius 3 is 3.16 bits per heavy atom. The van der Waals surface area contributed by atoms with Crippen molar-refractivity contribution in [2.24, 2.45) is 0 Å². The molecule has 6 nitrogen and oxygen atoms in total. The van der Waals surface area contributed by atoms with Crippen LogP contribution in [0.15, 0.2) is 26.9 Å². The molecular formula is C12H12N4O2S. The van der Waals surface area contributed by atoms with E-state index in [-0.39, 0.29) is 5.56 Å². The van der Waals surface area contributed by atoms with Crippen LogP contribution < -0.4 is 10.9 Å². The summed E-state index contributed by atoms with van der Waals surface area (Å²) in [6.45, 7) is 2.81. The zero-order valence-corrected chi connectivity index (χ0v) is 11.1. The Kier molecular flexibility index (Phi) is 3.14. The molecule has 2 N–H and O–H groups in total. The molecule has 0 spiro atoms. The number of hydrogen-bond acceptors (Lipinski definition) is 6. The van der Waals surface area contributed by atoms with Crippen molar-refractivity contribution in [1.29, 1.82) is 0 Å². The Morgan fingerprint density at radius 1 is 1.47 bits per heavy atom. The van der Waals surface area contributed by atoms with Crippen molar-refractivity contribution in [2.75, 3.05) is 0 Å². The van der Waals surface area contributed by atoms with E-state index in [1.54, 1.807) is 6.20 Å². The highest BCUT2D eigenvalue weighted by Crippen LogP contribution is 2.13. The van der Waals surface area contributed by atoms with Crippen molar-refractivity contribution in [1.82, 2.24) is 20.3 Å². The second-order valence-electron chi connectivity index (χ2n) is 4.12. The molecule has 0 amide bonds. The highest BCUT2D eigenvalue weighted by molar-refractivity contribution is 7.17. The lowest BCUT2D eigenvalue weighted by atomic mass is 10.4. The van der Waals surface area contributed by atoms with Gasteiger partial charge in [-0.05, 0) is 18.4 Å². The lowest BCUT2D eigenvalue weighted by Crippen LogP contribution is -2.18. The average Bonchev–Trinajstić information content (AvgIpc) is 2.98. The van der Waals surface area contributed by atoms with Crippen LogP contribution in [0.4, 0.5) is 0 Å². The molecule has 0 radical (unpaired) electrons. The molecule has 0 saturated carbocycles. The molecule has 3 aromatic heterocycles. The molecule has 3 rings (SSSR count). The first-order valence-corrected chi connectivity index (χ1v) is 6.69. The highest BCUT2D eigenvalue weighted by Gasteiger charge is 2.05. The van der Waals surface area contributed by atoms with Gasteiger partial charge in [-0.15, -0.1) is 11.3 Å². The predicted octanol–water partition coefficient (Wildman–Crippen LogP) is 1.57. The maximum atomic E-state index is 11.8.